The minimum Gasteiger partial charge on any atom is -0.508 e. The van der Waals surface area contributed by atoms with Gasteiger partial charge in [-0.1, -0.05) is 29.8 Å². The minimum absolute atomic E-state index is 0.147. The number of fused-ring (bicyclic) bond motifs is 2. The lowest BCUT2D eigenvalue weighted by molar-refractivity contribution is 0.472. The maximum atomic E-state index is 9.81. The number of aromatic hydroxyl groups is 1. The molecule has 0 bridgehead atoms. The van der Waals surface area contributed by atoms with Crippen molar-refractivity contribution in [1.82, 2.24) is 9.97 Å². The Morgan fingerprint density at radius 2 is 1.79 bits per heavy atom. The molecule has 5 heteroatoms. The molecule has 0 spiro atoms. The van der Waals surface area contributed by atoms with E-state index in [4.69, 9.17) is 14.4 Å². The van der Waals surface area contributed by atoms with Gasteiger partial charge in [-0.05, 0) is 49.4 Å². The number of imidazole rings is 1. The Bertz CT molecular complexity index is 1350. The molecule has 5 rings (SSSR count). The standard InChI is InChI=1S/C23H17N3O2/c1-14-6-9-16(10-7-14)24-23-18(12-15-8-11-17(27)13-21(15)28-23)22-25-19-4-2-3-5-20(19)26-22/h2-13,27H,1H3,(H,25,26). The van der Waals surface area contributed by atoms with Crippen LogP contribution in [0.15, 0.2) is 82.2 Å². The first kappa shape index (κ1) is 16.3. The van der Waals surface area contributed by atoms with Crippen LogP contribution >= 0.6 is 0 Å². The Hall–Kier alpha value is -3.86. The van der Waals surface area contributed by atoms with E-state index in [0.717, 1.165) is 33.2 Å². The molecule has 0 aliphatic rings. The topological polar surface area (TPSA) is 74.4 Å². The van der Waals surface area contributed by atoms with E-state index in [-0.39, 0.29) is 5.75 Å². The van der Waals surface area contributed by atoms with Crippen LogP contribution in [0.25, 0.3) is 33.4 Å². The summed E-state index contributed by atoms with van der Waals surface area (Å²) in [6.45, 7) is 2.03. The zero-order chi connectivity index (χ0) is 19.1. The van der Waals surface area contributed by atoms with Crippen molar-refractivity contribution < 1.29 is 9.52 Å². The highest BCUT2D eigenvalue weighted by Gasteiger charge is 2.12. The molecule has 0 fully saturated rings. The second-order valence-electron chi connectivity index (χ2n) is 6.74. The smallest absolute Gasteiger partial charge is 0.230 e. The van der Waals surface area contributed by atoms with Crippen molar-refractivity contribution in [3.63, 3.8) is 0 Å². The van der Waals surface area contributed by atoms with Crippen LogP contribution in [-0.2, 0) is 0 Å². The highest BCUT2D eigenvalue weighted by Crippen LogP contribution is 2.25. The average molecular weight is 367 g/mol. The first-order valence-electron chi connectivity index (χ1n) is 8.99. The van der Waals surface area contributed by atoms with Gasteiger partial charge in [-0.2, -0.15) is 0 Å². The number of hydrogen-bond acceptors (Lipinski definition) is 4. The lowest BCUT2D eigenvalue weighted by Crippen LogP contribution is -2.06. The summed E-state index contributed by atoms with van der Waals surface area (Å²) in [5.74, 6) is 0.833. The van der Waals surface area contributed by atoms with Crippen LogP contribution in [0.3, 0.4) is 0 Å². The van der Waals surface area contributed by atoms with Gasteiger partial charge in [0, 0.05) is 11.5 Å². The molecule has 5 aromatic rings. The first-order chi connectivity index (χ1) is 13.7. The second-order valence-corrected chi connectivity index (χ2v) is 6.74. The van der Waals surface area contributed by atoms with E-state index in [1.54, 1.807) is 12.1 Å². The summed E-state index contributed by atoms with van der Waals surface area (Å²) in [4.78, 5) is 12.7. The Labute approximate surface area is 160 Å². The van der Waals surface area contributed by atoms with E-state index in [0.29, 0.717) is 17.0 Å². The van der Waals surface area contributed by atoms with E-state index >= 15 is 0 Å². The minimum atomic E-state index is 0.147. The van der Waals surface area contributed by atoms with Crippen LogP contribution in [0.2, 0.25) is 0 Å². The first-order valence-corrected chi connectivity index (χ1v) is 8.99. The summed E-state index contributed by atoms with van der Waals surface area (Å²) >= 11 is 0. The third kappa shape index (κ3) is 2.93. The van der Waals surface area contributed by atoms with E-state index in [2.05, 4.69) is 4.98 Å². The van der Waals surface area contributed by atoms with Gasteiger partial charge in [-0.25, -0.2) is 9.98 Å². The number of aryl methyl sites for hydroxylation is 1. The number of H-pyrrole nitrogens is 1. The van der Waals surface area contributed by atoms with Crippen LogP contribution < -0.4 is 5.55 Å². The third-order valence-electron chi connectivity index (χ3n) is 4.64. The van der Waals surface area contributed by atoms with Crippen molar-refractivity contribution in [2.45, 2.75) is 6.92 Å². The fourth-order valence-electron chi connectivity index (χ4n) is 3.18. The highest BCUT2D eigenvalue weighted by atomic mass is 16.3. The van der Waals surface area contributed by atoms with Crippen molar-refractivity contribution in [2.75, 3.05) is 0 Å². The summed E-state index contributed by atoms with van der Waals surface area (Å²) in [6.07, 6.45) is 0. The summed E-state index contributed by atoms with van der Waals surface area (Å²) in [7, 11) is 0. The number of aromatic amines is 1. The van der Waals surface area contributed by atoms with Gasteiger partial charge in [0.2, 0.25) is 5.55 Å². The molecule has 2 N–H and O–H groups in total. The number of phenols is 1. The number of hydrogen-bond donors (Lipinski definition) is 2. The normalized spacial score (nSPS) is 12.1. The lowest BCUT2D eigenvalue weighted by Gasteiger charge is -2.04. The Kier molecular flexibility index (Phi) is 3.72. The zero-order valence-electron chi connectivity index (χ0n) is 15.2. The Morgan fingerprint density at radius 1 is 0.964 bits per heavy atom. The van der Waals surface area contributed by atoms with Crippen LogP contribution in [0.4, 0.5) is 5.69 Å². The van der Waals surface area contributed by atoms with Gasteiger partial charge in [-0.3, -0.25) is 0 Å². The average Bonchev–Trinajstić information content (AvgIpc) is 3.13. The van der Waals surface area contributed by atoms with Crippen molar-refractivity contribution in [3.05, 3.63) is 83.9 Å². The molecule has 2 heterocycles. The molecule has 136 valence electrons. The van der Waals surface area contributed by atoms with E-state index in [9.17, 15) is 5.11 Å². The summed E-state index contributed by atoms with van der Waals surface area (Å²) in [5, 5.41) is 10.7. The fraction of sp³-hybridized carbons (Fsp3) is 0.0435. The molecule has 5 nitrogen and oxygen atoms in total. The number of nitrogens with one attached hydrogen (secondary N) is 1. The molecule has 28 heavy (non-hydrogen) atoms. The molecule has 0 atom stereocenters. The van der Waals surface area contributed by atoms with Crippen molar-refractivity contribution in [1.29, 1.82) is 0 Å². The van der Waals surface area contributed by atoms with Gasteiger partial charge in [0.1, 0.15) is 17.2 Å². The lowest BCUT2D eigenvalue weighted by atomic mass is 10.1. The summed E-state index contributed by atoms with van der Waals surface area (Å²) < 4.78 is 6.07. The quantitative estimate of drug-likeness (QED) is 0.449. The number of benzene rings is 3. The third-order valence-corrected chi connectivity index (χ3v) is 4.64. The number of nitrogens with zero attached hydrogens (tertiary/aromatic N) is 2. The number of para-hydroxylation sites is 2. The Morgan fingerprint density at radius 3 is 2.61 bits per heavy atom. The molecule has 0 aliphatic carbocycles. The number of aromatic nitrogens is 2. The fourth-order valence-corrected chi connectivity index (χ4v) is 3.18. The van der Waals surface area contributed by atoms with Gasteiger partial charge in [0.05, 0.1) is 22.3 Å². The van der Waals surface area contributed by atoms with Crippen LogP contribution in [0, 0.1) is 6.92 Å². The zero-order valence-corrected chi connectivity index (χ0v) is 15.2. The van der Waals surface area contributed by atoms with E-state index in [1.807, 2.05) is 67.6 Å². The maximum absolute atomic E-state index is 9.81. The largest absolute Gasteiger partial charge is 0.508 e. The molecule has 0 aliphatic heterocycles. The van der Waals surface area contributed by atoms with Gasteiger partial charge >= 0.3 is 0 Å². The number of phenolic OH excluding ortho intramolecular Hbond substituents is 1. The van der Waals surface area contributed by atoms with Crippen molar-refractivity contribution in [3.8, 4) is 17.1 Å². The molecule has 2 aromatic heterocycles. The van der Waals surface area contributed by atoms with Crippen LogP contribution in [0.5, 0.6) is 5.75 Å². The molecule has 0 radical (unpaired) electrons. The molecule has 0 unspecified atom stereocenters. The number of rotatable bonds is 2. The monoisotopic (exact) mass is 367 g/mol. The molecule has 0 saturated heterocycles. The van der Waals surface area contributed by atoms with Crippen molar-refractivity contribution >= 4 is 27.7 Å². The molecule has 3 aromatic carbocycles. The summed E-state index contributed by atoms with van der Waals surface area (Å²) in [6, 6.07) is 22.8. The van der Waals surface area contributed by atoms with E-state index < -0.39 is 0 Å². The van der Waals surface area contributed by atoms with Crippen LogP contribution in [0.1, 0.15) is 5.56 Å². The van der Waals surface area contributed by atoms with Crippen molar-refractivity contribution in [2.24, 2.45) is 4.99 Å². The molecular formula is C23H17N3O2. The van der Waals surface area contributed by atoms with E-state index in [1.165, 1.54) is 0 Å². The maximum Gasteiger partial charge on any atom is 0.230 e. The second kappa shape index (κ2) is 6.39. The molecule has 0 saturated carbocycles. The predicted molar refractivity (Wildman–Crippen MR) is 109 cm³/mol. The Balaban J connectivity index is 1.80. The molecular weight excluding hydrogens is 350 g/mol. The highest BCUT2D eigenvalue weighted by molar-refractivity contribution is 5.84. The SMILES string of the molecule is Cc1ccc(N=c2oc3cc(O)ccc3cc2-c2nc3ccccc3[nH]2)cc1. The van der Waals surface area contributed by atoms with Gasteiger partial charge in [0.25, 0.3) is 0 Å². The van der Waals surface area contributed by atoms with Gasteiger partial charge in [0.15, 0.2) is 0 Å². The van der Waals surface area contributed by atoms with Gasteiger partial charge < -0.3 is 14.5 Å². The van der Waals surface area contributed by atoms with Crippen LogP contribution in [-0.4, -0.2) is 15.1 Å². The summed E-state index contributed by atoms with van der Waals surface area (Å²) in [5.41, 5.74) is 5.53. The molecule has 0 amide bonds. The predicted octanol–water partition coefficient (Wildman–Crippen LogP) is 5.22. The van der Waals surface area contributed by atoms with Gasteiger partial charge in [-0.15, -0.1) is 0 Å².